The van der Waals surface area contributed by atoms with Gasteiger partial charge in [0, 0.05) is 35.6 Å². The number of halogens is 1. The van der Waals surface area contributed by atoms with E-state index in [1.807, 2.05) is 37.3 Å². The van der Waals surface area contributed by atoms with Crippen LogP contribution in [0.4, 0.5) is 5.82 Å². The van der Waals surface area contributed by atoms with Crippen molar-refractivity contribution >= 4 is 29.3 Å². The second-order valence-electron chi connectivity index (χ2n) is 7.92. The largest absolute Gasteiger partial charge is 0.482 e. The lowest BCUT2D eigenvalue weighted by atomic mass is 10.1. The molecule has 0 aliphatic carbocycles. The molecule has 1 heterocycles. The number of anilines is 1. The molecule has 3 rings (SSSR count). The molecule has 0 aliphatic heterocycles. The Morgan fingerprint density at radius 1 is 1.22 bits per heavy atom. The number of hydrogen-bond acceptors (Lipinski definition) is 6. The molecule has 1 amide bonds. The molecular weight excluding hydrogens is 496 g/mol. The summed E-state index contributed by atoms with van der Waals surface area (Å²) >= 11 is 6.02. The molecule has 0 unspecified atom stereocenters. The van der Waals surface area contributed by atoms with Gasteiger partial charge in [-0.3, -0.25) is 14.2 Å². The third-order valence-electron chi connectivity index (χ3n) is 4.95. The Balaban J connectivity index is 0.00000153. The summed E-state index contributed by atoms with van der Waals surface area (Å²) in [5.41, 5.74) is 1.80. The molecule has 0 aliphatic rings. The Hall–Kier alpha value is -4.11. The maximum atomic E-state index is 12.9. The Morgan fingerprint density at radius 2 is 1.92 bits per heavy atom. The van der Waals surface area contributed by atoms with Gasteiger partial charge in [0.25, 0.3) is 5.56 Å². The number of rotatable bonds is 11. The molecule has 0 atom stereocenters. The fourth-order valence-corrected chi connectivity index (χ4v) is 3.41. The summed E-state index contributed by atoms with van der Waals surface area (Å²) in [6.07, 6.45) is 4.01. The van der Waals surface area contributed by atoms with E-state index in [2.05, 4.69) is 22.2 Å². The van der Waals surface area contributed by atoms with E-state index in [9.17, 15) is 14.4 Å². The van der Waals surface area contributed by atoms with E-state index in [-0.39, 0.29) is 18.9 Å². The van der Waals surface area contributed by atoms with E-state index < -0.39 is 24.0 Å². The number of nitrogens with one attached hydrogen (secondary N) is 2. The zero-order valence-electron chi connectivity index (χ0n) is 20.9. The summed E-state index contributed by atoms with van der Waals surface area (Å²) in [7, 11) is 0. The predicted octanol–water partition coefficient (Wildman–Crippen LogP) is 3.83. The number of aromatic nitrogens is 2. The van der Waals surface area contributed by atoms with Gasteiger partial charge in [0.2, 0.25) is 5.91 Å². The number of carboxylic acid groups (broad SMARTS) is 1. The van der Waals surface area contributed by atoms with Gasteiger partial charge in [0.15, 0.2) is 12.4 Å². The Labute approximate surface area is 220 Å². The van der Waals surface area contributed by atoms with Crippen LogP contribution in [0.25, 0.3) is 0 Å². The number of hydrogen-bond donors (Lipinski definition) is 3. The zero-order chi connectivity index (χ0) is 27.2. The van der Waals surface area contributed by atoms with Crippen LogP contribution in [0, 0.1) is 6.92 Å². The normalized spacial score (nSPS) is 10.0. The van der Waals surface area contributed by atoms with Crippen LogP contribution in [0.15, 0.2) is 72.2 Å². The molecule has 0 fully saturated rings. The van der Waals surface area contributed by atoms with Crippen LogP contribution >= 0.6 is 11.6 Å². The lowest BCUT2D eigenvalue weighted by Crippen LogP contribution is -2.34. The Kier molecular flexibility index (Phi) is 11.9. The standard InChI is InChI=1S/C24H25ClN4O5.C3H6/c1-16-12-28-23(26-10-9-17-5-3-2-4-6-17)24(33)29(16)14-21(30)27-13-18-11-19(25)7-8-20(18)34-15-22(31)32;1-3-2/h2-8,11-12H,9-10,13-15H2,1H3,(H,26,28)(H,27,30)(H,31,32);3H,1H2,2H3. The van der Waals surface area contributed by atoms with Gasteiger partial charge in [-0.15, -0.1) is 6.58 Å². The van der Waals surface area contributed by atoms with E-state index in [1.165, 1.54) is 16.8 Å². The summed E-state index contributed by atoms with van der Waals surface area (Å²) in [6, 6.07) is 14.5. The van der Waals surface area contributed by atoms with Crippen LogP contribution in [0.1, 0.15) is 23.7 Å². The number of aliphatic carboxylic acids is 1. The van der Waals surface area contributed by atoms with Crippen molar-refractivity contribution in [3.8, 4) is 5.75 Å². The van der Waals surface area contributed by atoms with Crippen molar-refractivity contribution in [1.29, 1.82) is 0 Å². The lowest BCUT2D eigenvalue weighted by Gasteiger charge is -2.14. The number of aryl methyl sites for hydroxylation is 1. The molecule has 3 aromatic rings. The van der Waals surface area contributed by atoms with E-state index in [0.717, 1.165) is 12.0 Å². The molecule has 37 heavy (non-hydrogen) atoms. The third kappa shape index (κ3) is 9.81. The van der Waals surface area contributed by atoms with Gasteiger partial charge in [-0.2, -0.15) is 0 Å². The van der Waals surface area contributed by atoms with Gasteiger partial charge in [-0.05, 0) is 44.0 Å². The van der Waals surface area contributed by atoms with Crippen molar-refractivity contribution in [3.05, 3.63) is 99.6 Å². The van der Waals surface area contributed by atoms with Crippen LogP contribution in [0.2, 0.25) is 5.02 Å². The SMILES string of the molecule is C=CC.Cc1cnc(NCCc2ccccc2)c(=O)n1CC(=O)NCc1cc(Cl)ccc1OCC(=O)O. The molecule has 3 N–H and O–H groups in total. The van der Waals surface area contributed by atoms with E-state index in [4.69, 9.17) is 21.4 Å². The average Bonchev–Trinajstić information content (AvgIpc) is 2.87. The number of benzene rings is 2. The summed E-state index contributed by atoms with van der Waals surface area (Å²) in [4.78, 5) is 40.4. The van der Waals surface area contributed by atoms with E-state index >= 15 is 0 Å². The molecule has 0 saturated carbocycles. The Morgan fingerprint density at radius 3 is 2.59 bits per heavy atom. The van der Waals surface area contributed by atoms with E-state index in [0.29, 0.717) is 28.6 Å². The van der Waals surface area contributed by atoms with E-state index in [1.54, 1.807) is 25.1 Å². The van der Waals surface area contributed by atoms with Gasteiger partial charge in [0.1, 0.15) is 12.3 Å². The van der Waals surface area contributed by atoms with Gasteiger partial charge >= 0.3 is 5.97 Å². The maximum Gasteiger partial charge on any atom is 0.341 e. The molecule has 9 nitrogen and oxygen atoms in total. The molecule has 0 radical (unpaired) electrons. The smallest absolute Gasteiger partial charge is 0.341 e. The minimum absolute atomic E-state index is 0.0510. The first-order valence-electron chi connectivity index (χ1n) is 11.6. The van der Waals surface area contributed by atoms with Crippen molar-refractivity contribution < 1.29 is 19.4 Å². The molecule has 2 aromatic carbocycles. The fourth-order valence-electron chi connectivity index (χ4n) is 3.22. The number of carbonyl (C=O) groups is 2. The molecule has 0 bridgehead atoms. The number of carbonyl (C=O) groups excluding carboxylic acids is 1. The zero-order valence-corrected chi connectivity index (χ0v) is 21.6. The van der Waals surface area contributed by atoms with Gasteiger partial charge in [0.05, 0.1) is 0 Å². The topological polar surface area (TPSA) is 123 Å². The van der Waals surface area contributed by atoms with Crippen LogP contribution in [-0.2, 0) is 29.1 Å². The third-order valence-corrected chi connectivity index (χ3v) is 5.19. The van der Waals surface area contributed by atoms with Gasteiger partial charge in [-0.1, -0.05) is 48.0 Å². The predicted molar refractivity (Wildman–Crippen MR) is 144 cm³/mol. The highest BCUT2D eigenvalue weighted by Gasteiger charge is 2.13. The van der Waals surface area contributed by atoms with Crippen molar-refractivity contribution in [2.75, 3.05) is 18.5 Å². The van der Waals surface area contributed by atoms with Crippen LogP contribution < -0.4 is 20.9 Å². The molecular formula is C27H31ClN4O5. The summed E-state index contributed by atoms with van der Waals surface area (Å²) in [5, 5.41) is 15.0. The average molecular weight is 527 g/mol. The highest BCUT2D eigenvalue weighted by Crippen LogP contribution is 2.23. The number of amides is 1. The monoisotopic (exact) mass is 526 g/mol. The Bertz CT molecular complexity index is 1260. The maximum absolute atomic E-state index is 12.9. The quantitative estimate of drug-likeness (QED) is 0.324. The first kappa shape index (κ1) is 29.1. The van der Waals surface area contributed by atoms with Crippen LogP contribution in [0.3, 0.4) is 0 Å². The second-order valence-corrected chi connectivity index (χ2v) is 8.36. The summed E-state index contributed by atoms with van der Waals surface area (Å²) < 4.78 is 6.59. The van der Waals surface area contributed by atoms with Crippen molar-refractivity contribution in [2.24, 2.45) is 0 Å². The highest BCUT2D eigenvalue weighted by atomic mass is 35.5. The molecule has 0 saturated heterocycles. The van der Waals surface area contributed by atoms with Crippen LogP contribution in [0.5, 0.6) is 5.75 Å². The molecule has 0 spiro atoms. The minimum Gasteiger partial charge on any atom is -0.482 e. The number of nitrogens with zero attached hydrogens (tertiary/aromatic N) is 2. The van der Waals surface area contributed by atoms with Gasteiger partial charge < -0.3 is 20.5 Å². The lowest BCUT2D eigenvalue weighted by molar-refractivity contribution is -0.139. The van der Waals surface area contributed by atoms with Crippen molar-refractivity contribution in [3.63, 3.8) is 0 Å². The molecule has 10 heteroatoms. The molecule has 1 aromatic heterocycles. The van der Waals surface area contributed by atoms with Crippen molar-refractivity contribution in [1.82, 2.24) is 14.9 Å². The minimum atomic E-state index is -1.12. The number of carboxylic acids is 1. The first-order chi connectivity index (χ1) is 17.7. The fraction of sp³-hybridized carbons (Fsp3) is 0.259. The highest BCUT2D eigenvalue weighted by molar-refractivity contribution is 6.30. The summed E-state index contributed by atoms with van der Waals surface area (Å²) in [5.74, 6) is -1.05. The van der Waals surface area contributed by atoms with Crippen molar-refractivity contribution in [2.45, 2.75) is 33.4 Å². The number of allylic oxidation sites excluding steroid dienone is 1. The summed E-state index contributed by atoms with van der Waals surface area (Å²) in [6.45, 7) is 6.80. The van der Waals surface area contributed by atoms with Gasteiger partial charge in [-0.25, -0.2) is 9.78 Å². The molecule has 196 valence electrons. The number of ether oxygens (including phenoxy) is 1. The second kappa shape index (κ2) is 15.1. The first-order valence-corrected chi connectivity index (χ1v) is 11.9. The van der Waals surface area contributed by atoms with Crippen LogP contribution in [-0.4, -0.2) is 39.7 Å².